The number of rotatable bonds is 13. The van der Waals surface area contributed by atoms with Gasteiger partial charge in [0.1, 0.15) is 11.9 Å². The summed E-state index contributed by atoms with van der Waals surface area (Å²) in [6.45, 7) is 2.59. The number of amides is 1. The minimum absolute atomic E-state index is 0.0212. The van der Waals surface area contributed by atoms with E-state index in [1.165, 1.54) is 19.2 Å². The van der Waals surface area contributed by atoms with Gasteiger partial charge < -0.3 is 19.9 Å². The monoisotopic (exact) mass is 536 g/mol. The Morgan fingerprint density at radius 3 is 2.68 bits per heavy atom. The van der Waals surface area contributed by atoms with Gasteiger partial charge in [0, 0.05) is 20.0 Å². The van der Waals surface area contributed by atoms with E-state index in [1.807, 2.05) is 37.3 Å². The Hall–Kier alpha value is -2.53. The molecule has 0 saturated carbocycles. The normalized spacial score (nSPS) is 17.5. The van der Waals surface area contributed by atoms with Gasteiger partial charge in [0.15, 0.2) is 0 Å². The van der Waals surface area contributed by atoms with Crippen molar-refractivity contribution in [2.45, 2.75) is 68.6 Å². The summed E-state index contributed by atoms with van der Waals surface area (Å²) in [5, 5.41) is 13.8. The molecule has 2 aromatic carbocycles. The second-order valence-corrected chi connectivity index (χ2v) is 11.4. The lowest BCUT2D eigenvalue weighted by molar-refractivity contribution is 0.0661. The zero-order valence-corrected chi connectivity index (χ0v) is 22.3. The van der Waals surface area contributed by atoms with E-state index in [1.54, 1.807) is 0 Å². The van der Waals surface area contributed by atoms with Gasteiger partial charge in [-0.15, -0.1) is 0 Å². The van der Waals surface area contributed by atoms with E-state index in [0.717, 1.165) is 35.2 Å². The van der Waals surface area contributed by atoms with Crippen LogP contribution < -0.4 is 5.32 Å². The van der Waals surface area contributed by atoms with Crippen molar-refractivity contribution < 1.29 is 32.2 Å². The maximum Gasteiger partial charge on any atom is 0.407 e. The molecular weight excluding hydrogens is 499 g/mol. The van der Waals surface area contributed by atoms with Crippen LogP contribution in [-0.4, -0.2) is 69.0 Å². The quantitative estimate of drug-likeness (QED) is 0.379. The molecule has 2 aromatic rings. The van der Waals surface area contributed by atoms with E-state index in [-0.39, 0.29) is 24.0 Å². The molecule has 3 atom stereocenters. The van der Waals surface area contributed by atoms with Crippen LogP contribution in [0.25, 0.3) is 0 Å². The molecule has 1 heterocycles. The van der Waals surface area contributed by atoms with Crippen molar-refractivity contribution in [2.75, 3.05) is 26.8 Å². The van der Waals surface area contributed by atoms with Gasteiger partial charge in [-0.05, 0) is 48.6 Å². The SMILES string of the molecule is CCCCCc1cc(F)ccc1S(=O)(=O)N(C)C[C@H](O)C(Cc1ccccc1)NC(=O)O[C@H]1CCOC1. The molecule has 0 spiro atoms. The van der Waals surface area contributed by atoms with Crippen LogP contribution in [0.15, 0.2) is 53.4 Å². The first-order valence-electron chi connectivity index (χ1n) is 12.7. The predicted octanol–water partition coefficient (Wildman–Crippen LogP) is 3.67. The largest absolute Gasteiger partial charge is 0.444 e. The van der Waals surface area contributed by atoms with Crippen molar-refractivity contribution in [1.82, 2.24) is 9.62 Å². The van der Waals surface area contributed by atoms with Crippen molar-refractivity contribution in [3.8, 4) is 0 Å². The number of unbranched alkanes of at least 4 members (excludes halogenated alkanes) is 2. The van der Waals surface area contributed by atoms with Crippen molar-refractivity contribution in [2.24, 2.45) is 0 Å². The molecule has 10 heteroatoms. The number of aryl methyl sites for hydroxylation is 1. The highest BCUT2D eigenvalue weighted by atomic mass is 32.2. The summed E-state index contributed by atoms with van der Waals surface area (Å²) >= 11 is 0. The van der Waals surface area contributed by atoms with Crippen LogP contribution in [0.1, 0.15) is 43.7 Å². The minimum Gasteiger partial charge on any atom is -0.444 e. The number of alkyl carbamates (subject to hydrolysis) is 1. The second kappa shape index (κ2) is 13.9. The number of carbonyl (C=O) groups is 1. The topological polar surface area (TPSA) is 105 Å². The third-order valence-corrected chi connectivity index (χ3v) is 8.36. The fraction of sp³-hybridized carbons (Fsp3) is 0.519. The molecule has 0 radical (unpaired) electrons. The molecule has 8 nitrogen and oxygen atoms in total. The number of likely N-dealkylation sites (N-methyl/N-ethyl adjacent to an activating group) is 1. The Kier molecular flexibility index (Phi) is 10.9. The van der Waals surface area contributed by atoms with Crippen molar-refractivity contribution in [1.29, 1.82) is 0 Å². The van der Waals surface area contributed by atoms with Gasteiger partial charge in [0.05, 0.1) is 30.3 Å². The summed E-state index contributed by atoms with van der Waals surface area (Å²) in [5.41, 5.74) is 1.27. The van der Waals surface area contributed by atoms with Gasteiger partial charge in [-0.2, -0.15) is 4.31 Å². The molecule has 0 aromatic heterocycles. The molecule has 1 aliphatic heterocycles. The van der Waals surface area contributed by atoms with E-state index in [9.17, 15) is 22.7 Å². The Bertz CT molecular complexity index is 1110. The standard InChI is InChI=1S/C27H37FN2O6S/c1-3-4-6-11-21-17-22(28)12-13-26(21)37(33,34)30(2)18-25(31)24(16-20-9-7-5-8-10-20)29-27(32)36-23-14-15-35-19-23/h5,7-10,12-13,17,23-25,31H,3-4,6,11,14-16,18-19H2,1-2H3,(H,29,32)/t23-,24?,25-/m0/s1. The summed E-state index contributed by atoms with van der Waals surface area (Å²) < 4.78 is 52.5. The van der Waals surface area contributed by atoms with E-state index < -0.39 is 34.1 Å². The smallest absolute Gasteiger partial charge is 0.407 e. The Morgan fingerprint density at radius 2 is 2.00 bits per heavy atom. The second-order valence-electron chi connectivity index (χ2n) is 9.39. The zero-order chi connectivity index (χ0) is 26.8. The van der Waals surface area contributed by atoms with Gasteiger partial charge in [-0.3, -0.25) is 0 Å². The number of hydrogen-bond donors (Lipinski definition) is 2. The van der Waals surface area contributed by atoms with Crippen LogP contribution in [0.4, 0.5) is 9.18 Å². The molecule has 204 valence electrons. The Labute approximate surface area is 218 Å². The molecule has 1 unspecified atom stereocenters. The molecule has 0 aliphatic carbocycles. The maximum atomic E-state index is 13.9. The first-order chi connectivity index (χ1) is 17.7. The summed E-state index contributed by atoms with van der Waals surface area (Å²) in [4.78, 5) is 12.6. The van der Waals surface area contributed by atoms with Gasteiger partial charge in [-0.25, -0.2) is 17.6 Å². The number of hydrogen-bond acceptors (Lipinski definition) is 6. The van der Waals surface area contributed by atoms with E-state index >= 15 is 0 Å². The highest BCUT2D eigenvalue weighted by Gasteiger charge is 2.31. The van der Waals surface area contributed by atoms with Crippen LogP contribution in [0.2, 0.25) is 0 Å². The number of sulfonamides is 1. The molecular formula is C27H37FN2O6S. The highest BCUT2D eigenvalue weighted by Crippen LogP contribution is 2.23. The molecule has 1 saturated heterocycles. The van der Waals surface area contributed by atoms with Crippen LogP contribution in [0, 0.1) is 5.82 Å². The van der Waals surface area contributed by atoms with Crippen molar-refractivity contribution in [3.05, 3.63) is 65.5 Å². The van der Waals surface area contributed by atoms with Crippen molar-refractivity contribution in [3.63, 3.8) is 0 Å². The molecule has 1 fully saturated rings. The first kappa shape index (κ1) is 29.0. The number of aliphatic hydroxyl groups is 1. The van der Waals surface area contributed by atoms with Crippen LogP contribution >= 0.6 is 0 Å². The van der Waals surface area contributed by atoms with Gasteiger partial charge in [0.2, 0.25) is 10.0 Å². The lowest BCUT2D eigenvalue weighted by atomic mass is 10.0. The van der Waals surface area contributed by atoms with Crippen LogP contribution in [-0.2, 0) is 32.3 Å². The maximum absolute atomic E-state index is 13.9. The third kappa shape index (κ3) is 8.49. The molecule has 1 aliphatic rings. The number of aliphatic hydroxyl groups excluding tert-OH is 1. The molecule has 1 amide bonds. The molecule has 0 bridgehead atoms. The van der Waals surface area contributed by atoms with Gasteiger partial charge in [-0.1, -0.05) is 50.1 Å². The van der Waals surface area contributed by atoms with Crippen LogP contribution in [0.5, 0.6) is 0 Å². The lowest BCUT2D eigenvalue weighted by Crippen LogP contribution is -2.50. The highest BCUT2D eigenvalue weighted by molar-refractivity contribution is 7.89. The molecule has 2 N–H and O–H groups in total. The number of benzene rings is 2. The lowest BCUT2D eigenvalue weighted by Gasteiger charge is -2.28. The average Bonchev–Trinajstić information content (AvgIpc) is 3.37. The third-order valence-electron chi connectivity index (χ3n) is 6.43. The summed E-state index contributed by atoms with van der Waals surface area (Å²) in [6, 6.07) is 12.1. The number of halogens is 1. The zero-order valence-electron chi connectivity index (χ0n) is 21.4. The summed E-state index contributed by atoms with van der Waals surface area (Å²) in [7, 11) is -2.66. The molecule has 3 rings (SSSR count). The van der Waals surface area contributed by atoms with E-state index in [2.05, 4.69) is 5.32 Å². The van der Waals surface area contributed by atoms with Gasteiger partial charge >= 0.3 is 6.09 Å². The van der Waals surface area contributed by atoms with Gasteiger partial charge in [0.25, 0.3) is 0 Å². The fourth-order valence-corrected chi connectivity index (χ4v) is 5.73. The minimum atomic E-state index is -4.03. The Morgan fingerprint density at radius 1 is 1.24 bits per heavy atom. The predicted molar refractivity (Wildman–Crippen MR) is 138 cm³/mol. The van der Waals surface area contributed by atoms with E-state index in [4.69, 9.17) is 9.47 Å². The molecule has 37 heavy (non-hydrogen) atoms. The van der Waals surface area contributed by atoms with E-state index in [0.29, 0.717) is 31.6 Å². The Balaban J connectivity index is 1.75. The van der Waals surface area contributed by atoms with Crippen LogP contribution in [0.3, 0.4) is 0 Å². The van der Waals surface area contributed by atoms with Crippen molar-refractivity contribution >= 4 is 16.1 Å². The fourth-order valence-electron chi connectivity index (χ4n) is 4.31. The summed E-state index contributed by atoms with van der Waals surface area (Å²) in [5.74, 6) is -0.494. The number of nitrogens with zero attached hydrogens (tertiary/aromatic N) is 1. The first-order valence-corrected chi connectivity index (χ1v) is 14.2. The summed E-state index contributed by atoms with van der Waals surface area (Å²) in [6.07, 6.45) is 1.60. The average molecular weight is 537 g/mol. The number of nitrogens with one attached hydrogen (secondary N) is 1. The number of ether oxygens (including phenoxy) is 2. The number of carbonyl (C=O) groups excluding carboxylic acids is 1.